The molecule has 6 heteroatoms. The number of rotatable bonds is 5. The molecule has 0 aliphatic rings. The fourth-order valence-corrected chi connectivity index (χ4v) is 1.97. The van der Waals surface area contributed by atoms with Crippen LogP contribution < -0.4 is 5.32 Å². The monoisotopic (exact) mass is 339 g/mol. The Labute approximate surface area is 141 Å². The Hall–Kier alpha value is -2.01. The van der Waals surface area contributed by atoms with E-state index in [-0.39, 0.29) is 0 Å². The second-order valence-electron chi connectivity index (χ2n) is 5.85. The Morgan fingerprint density at radius 3 is 2.57 bits per heavy atom. The third-order valence-corrected chi connectivity index (χ3v) is 3.00. The van der Waals surface area contributed by atoms with Gasteiger partial charge in [-0.25, -0.2) is 9.59 Å². The molecule has 23 heavy (non-hydrogen) atoms. The molecule has 0 aromatic heterocycles. The lowest BCUT2D eigenvalue weighted by atomic mass is 10.1. The summed E-state index contributed by atoms with van der Waals surface area (Å²) in [5.74, 6) is -0.466. The summed E-state index contributed by atoms with van der Waals surface area (Å²) in [6.45, 7) is 5.91. The second kappa shape index (κ2) is 8.58. The molecule has 0 saturated carbocycles. The number of ether oxygens (including phenoxy) is 2. The van der Waals surface area contributed by atoms with Crippen molar-refractivity contribution in [3.63, 3.8) is 0 Å². The van der Waals surface area contributed by atoms with Gasteiger partial charge in [-0.1, -0.05) is 29.8 Å². The molecule has 0 unspecified atom stereocenters. The molecule has 0 aliphatic carbocycles. The van der Waals surface area contributed by atoms with Gasteiger partial charge in [0.05, 0.1) is 17.7 Å². The van der Waals surface area contributed by atoms with Crippen molar-refractivity contribution >= 4 is 29.7 Å². The molecule has 0 heterocycles. The first-order chi connectivity index (χ1) is 10.7. The molecule has 5 nitrogen and oxygen atoms in total. The van der Waals surface area contributed by atoms with Crippen LogP contribution in [-0.4, -0.2) is 31.3 Å². The summed E-state index contributed by atoms with van der Waals surface area (Å²) in [7, 11) is 1.31. The lowest BCUT2D eigenvalue weighted by Crippen LogP contribution is -2.32. The van der Waals surface area contributed by atoms with E-state index in [1.807, 2.05) is 32.9 Å². The van der Waals surface area contributed by atoms with Gasteiger partial charge >= 0.3 is 12.1 Å². The highest BCUT2D eigenvalue weighted by Crippen LogP contribution is 2.19. The molecule has 1 amide bonds. The van der Waals surface area contributed by atoms with Crippen molar-refractivity contribution in [3.05, 3.63) is 40.4 Å². The molecule has 0 fully saturated rings. The molecular formula is C17H22ClNO4. The van der Waals surface area contributed by atoms with Crippen LogP contribution in [0.5, 0.6) is 0 Å². The maximum atomic E-state index is 11.4. The number of esters is 1. The van der Waals surface area contributed by atoms with Crippen LogP contribution in [0.3, 0.4) is 0 Å². The summed E-state index contributed by atoms with van der Waals surface area (Å²) in [4.78, 5) is 22.9. The van der Waals surface area contributed by atoms with Crippen LogP contribution in [-0.2, 0) is 9.47 Å². The van der Waals surface area contributed by atoms with Gasteiger partial charge < -0.3 is 14.8 Å². The van der Waals surface area contributed by atoms with E-state index < -0.39 is 17.7 Å². The molecule has 1 aromatic rings. The molecule has 126 valence electrons. The summed E-state index contributed by atoms with van der Waals surface area (Å²) >= 11 is 6.04. The zero-order chi connectivity index (χ0) is 17.5. The van der Waals surface area contributed by atoms with E-state index in [2.05, 4.69) is 10.1 Å². The Bertz CT molecular complexity index is 591. The summed E-state index contributed by atoms with van der Waals surface area (Å²) in [6, 6.07) is 5.08. The highest BCUT2D eigenvalue weighted by atomic mass is 35.5. The minimum absolute atomic E-state index is 0.331. The first kappa shape index (κ1) is 19.0. The van der Waals surface area contributed by atoms with Crippen molar-refractivity contribution in [3.8, 4) is 0 Å². The molecule has 1 aromatic carbocycles. The fraction of sp³-hybridized carbons (Fsp3) is 0.412. The fourth-order valence-electron chi connectivity index (χ4n) is 1.70. The zero-order valence-corrected chi connectivity index (χ0v) is 14.6. The molecule has 0 bridgehead atoms. The molecule has 0 saturated heterocycles. The zero-order valence-electron chi connectivity index (χ0n) is 13.8. The van der Waals surface area contributed by atoms with Gasteiger partial charge in [0.1, 0.15) is 5.60 Å². The standard InChI is InChI=1S/C17H22ClNO4/c1-17(2,3)23-16(21)19-10-6-5-7-12-8-9-13(14(18)11-12)15(20)22-4/h5,7-9,11H,6,10H2,1-4H3,(H,19,21). The van der Waals surface area contributed by atoms with Gasteiger partial charge in [0.2, 0.25) is 0 Å². The van der Waals surface area contributed by atoms with Crippen molar-refractivity contribution in [1.29, 1.82) is 0 Å². The summed E-state index contributed by atoms with van der Waals surface area (Å²) in [6.07, 6.45) is 3.98. The first-order valence-electron chi connectivity index (χ1n) is 7.24. The smallest absolute Gasteiger partial charge is 0.407 e. The number of halogens is 1. The van der Waals surface area contributed by atoms with Crippen LogP contribution >= 0.6 is 11.6 Å². The number of carbonyl (C=O) groups excluding carboxylic acids is 2. The predicted octanol–water partition coefficient (Wildman–Crippen LogP) is 4.05. The van der Waals surface area contributed by atoms with Crippen molar-refractivity contribution in [2.24, 2.45) is 0 Å². The average molecular weight is 340 g/mol. The van der Waals surface area contributed by atoms with E-state index >= 15 is 0 Å². The SMILES string of the molecule is COC(=O)c1ccc(C=CCCNC(=O)OC(C)(C)C)cc1Cl. The number of hydrogen-bond donors (Lipinski definition) is 1. The van der Waals surface area contributed by atoms with Gasteiger partial charge in [0, 0.05) is 6.54 Å². The maximum absolute atomic E-state index is 11.4. The van der Waals surface area contributed by atoms with Crippen LogP contribution in [0.2, 0.25) is 5.02 Å². The normalized spacial score (nSPS) is 11.3. The number of carbonyl (C=O) groups is 2. The molecule has 0 atom stereocenters. The molecule has 1 N–H and O–H groups in total. The molecule has 1 rings (SSSR count). The minimum atomic E-state index is -0.502. The highest BCUT2D eigenvalue weighted by Gasteiger charge is 2.15. The topological polar surface area (TPSA) is 64.6 Å². The summed E-state index contributed by atoms with van der Waals surface area (Å²) in [5, 5.41) is 3.01. The molecule has 0 spiro atoms. The summed E-state index contributed by atoms with van der Waals surface area (Å²) in [5.41, 5.74) is 0.691. The van der Waals surface area contributed by atoms with Crippen LogP contribution in [0.15, 0.2) is 24.3 Å². The lowest BCUT2D eigenvalue weighted by molar-refractivity contribution is 0.0527. The minimum Gasteiger partial charge on any atom is -0.465 e. The Morgan fingerprint density at radius 2 is 2.00 bits per heavy atom. The first-order valence-corrected chi connectivity index (χ1v) is 7.62. The van der Waals surface area contributed by atoms with Crippen molar-refractivity contribution in [1.82, 2.24) is 5.32 Å². The number of benzene rings is 1. The van der Waals surface area contributed by atoms with E-state index in [4.69, 9.17) is 16.3 Å². The van der Waals surface area contributed by atoms with E-state index in [0.717, 1.165) is 5.56 Å². The van der Waals surface area contributed by atoms with E-state index in [0.29, 0.717) is 23.6 Å². The molecule has 0 radical (unpaired) electrons. The van der Waals surface area contributed by atoms with Gasteiger partial charge in [-0.05, 0) is 44.9 Å². The molecular weight excluding hydrogens is 318 g/mol. The average Bonchev–Trinajstić information content (AvgIpc) is 2.44. The third kappa shape index (κ3) is 7.19. The Kier molecular flexibility index (Phi) is 7.10. The van der Waals surface area contributed by atoms with E-state index in [1.54, 1.807) is 18.2 Å². The predicted molar refractivity (Wildman–Crippen MR) is 90.7 cm³/mol. The largest absolute Gasteiger partial charge is 0.465 e. The maximum Gasteiger partial charge on any atom is 0.407 e. The van der Waals surface area contributed by atoms with Crippen molar-refractivity contribution in [2.75, 3.05) is 13.7 Å². The Morgan fingerprint density at radius 1 is 1.30 bits per heavy atom. The van der Waals surface area contributed by atoms with Gasteiger partial charge in [-0.3, -0.25) is 0 Å². The third-order valence-electron chi connectivity index (χ3n) is 2.69. The van der Waals surface area contributed by atoms with Crippen molar-refractivity contribution < 1.29 is 19.1 Å². The van der Waals surface area contributed by atoms with Crippen LogP contribution in [0.4, 0.5) is 4.79 Å². The van der Waals surface area contributed by atoms with Gasteiger partial charge in [0.25, 0.3) is 0 Å². The highest BCUT2D eigenvalue weighted by molar-refractivity contribution is 6.33. The van der Waals surface area contributed by atoms with Crippen molar-refractivity contribution in [2.45, 2.75) is 32.8 Å². The number of alkyl carbamates (subject to hydrolysis) is 1. The lowest BCUT2D eigenvalue weighted by Gasteiger charge is -2.19. The number of hydrogen-bond acceptors (Lipinski definition) is 4. The van der Waals surface area contributed by atoms with Crippen LogP contribution in [0.25, 0.3) is 6.08 Å². The van der Waals surface area contributed by atoms with E-state index in [9.17, 15) is 9.59 Å². The number of methoxy groups -OCH3 is 1. The van der Waals surface area contributed by atoms with Gasteiger partial charge in [0.15, 0.2) is 0 Å². The van der Waals surface area contributed by atoms with Gasteiger partial charge in [-0.2, -0.15) is 0 Å². The molecule has 0 aliphatic heterocycles. The van der Waals surface area contributed by atoms with Crippen LogP contribution in [0, 0.1) is 0 Å². The Balaban J connectivity index is 2.45. The van der Waals surface area contributed by atoms with Gasteiger partial charge in [-0.15, -0.1) is 0 Å². The second-order valence-corrected chi connectivity index (χ2v) is 6.26. The number of nitrogens with one attached hydrogen (secondary N) is 1. The quantitative estimate of drug-likeness (QED) is 0.649. The van der Waals surface area contributed by atoms with E-state index in [1.165, 1.54) is 7.11 Å². The summed E-state index contributed by atoms with van der Waals surface area (Å²) < 4.78 is 9.76. The van der Waals surface area contributed by atoms with Crippen LogP contribution in [0.1, 0.15) is 43.1 Å². The number of amides is 1.